The van der Waals surface area contributed by atoms with Crippen molar-refractivity contribution < 1.29 is 22.3 Å². The highest BCUT2D eigenvalue weighted by atomic mass is 32.2. The standard InChI is InChI=1S/C20H22B5F2N5O4S/c1-17(34)5-3-4-12(17)32-13-10(6-11(14(32)33)20(25,26)27)7-28-16(29-13)30-15-18(21,22)8-31(37(2,35)36)9-19(15,23)24/h6-7,12,15,34H,3-5,8-9H2,1-2H3,(H,28,29,30). The van der Waals surface area contributed by atoms with Crippen LogP contribution in [0.3, 0.4) is 0 Å². The third-order valence-electron chi connectivity index (χ3n) is 7.04. The number of rotatable bonds is 5. The van der Waals surface area contributed by atoms with Crippen LogP contribution in [-0.2, 0) is 15.8 Å². The van der Waals surface area contributed by atoms with Crippen LogP contribution < -0.4 is 10.9 Å². The molecule has 0 spiro atoms. The molecule has 0 amide bonds. The number of nitrogens with one attached hydrogen (secondary N) is 1. The van der Waals surface area contributed by atoms with Gasteiger partial charge in [0.15, 0.2) is 7.85 Å². The Bertz CT molecular complexity index is 1380. The fourth-order valence-electron chi connectivity index (χ4n) is 5.24. The van der Waals surface area contributed by atoms with Gasteiger partial charge < -0.3 is 10.4 Å². The summed E-state index contributed by atoms with van der Waals surface area (Å²) < 4.78 is 54.3. The number of hydrogen-bond acceptors (Lipinski definition) is 7. The van der Waals surface area contributed by atoms with Crippen LogP contribution in [0.1, 0.15) is 37.8 Å². The summed E-state index contributed by atoms with van der Waals surface area (Å²) in [6.07, 6.45) is 3.39. The molecule has 2 aromatic heterocycles. The second-order valence-corrected chi connectivity index (χ2v) is 12.4. The zero-order valence-corrected chi connectivity index (χ0v) is 21.2. The van der Waals surface area contributed by atoms with Gasteiger partial charge in [0, 0.05) is 30.7 Å². The highest BCUT2D eigenvalue weighted by Crippen LogP contribution is 2.45. The number of hydrogen-bond donors (Lipinski definition) is 2. The van der Waals surface area contributed by atoms with Crippen LogP contribution in [0.5, 0.6) is 0 Å². The highest BCUT2D eigenvalue weighted by Gasteiger charge is 2.48. The Kier molecular flexibility index (Phi) is 6.73. The van der Waals surface area contributed by atoms with Gasteiger partial charge in [0.2, 0.25) is 21.8 Å². The maximum atomic E-state index is 14.1. The number of anilines is 1. The van der Waals surface area contributed by atoms with Gasteiger partial charge in [-0.15, -0.1) is 0 Å². The lowest BCUT2D eigenvalue weighted by atomic mass is 9.36. The molecule has 0 bridgehead atoms. The number of fused-ring (bicyclic) bond motifs is 1. The normalized spacial score (nSPS) is 26.9. The van der Waals surface area contributed by atoms with E-state index in [0.29, 0.717) is 19.3 Å². The number of sulfonamides is 1. The Morgan fingerprint density at radius 3 is 2.30 bits per heavy atom. The second kappa shape index (κ2) is 8.84. The van der Waals surface area contributed by atoms with Crippen molar-refractivity contribution >= 4 is 66.2 Å². The molecule has 1 aliphatic carbocycles. The molecule has 17 heteroatoms. The SMILES string of the molecule is [B]C(F)(F)c1cc2cnc(NC3C([B])([B])CN(S(C)(=O)=O)CC3([B])[B])nc2n(C2CCCC2(C)O)c1=O. The molecule has 2 N–H and O–H groups in total. The zero-order valence-electron chi connectivity index (χ0n) is 20.4. The van der Waals surface area contributed by atoms with E-state index < -0.39 is 55.1 Å². The van der Waals surface area contributed by atoms with E-state index in [0.717, 1.165) is 21.2 Å². The van der Waals surface area contributed by atoms with Gasteiger partial charge >= 0.3 is 0 Å². The molecule has 1 saturated carbocycles. The first kappa shape index (κ1) is 28.2. The Morgan fingerprint density at radius 2 is 1.81 bits per heavy atom. The van der Waals surface area contributed by atoms with E-state index in [1.165, 1.54) is 13.1 Å². The van der Waals surface area contributed by atoms with Crippen LogP contribution in [0, 0.1) is 0 Å². The van der Waals surface area contributed by atoms with Gasteiger partial charge in [-0.2, -0.15) is 4.98 Å². The number of halogens is 2. The number of piperidine rings is 1. The largest absolute Gasteiger partial charge is 0.388 e. The first-order valence-electron chi connectivity index (χ1n) is 11.4. The monoisotopic (exact) mass is 521 g/mol. The molecule has 2 unspecified atom stereocenters. The first-order chi connectivity index (χ1) is 16.7. The molecule has 1 aliphatic heterocycles. The van der Waals surface area contributed by atoms with Crippen molar-refractivity contribution in [2.75, 3.05) is 24.7 Å². The van der Waals surface area contributed by atoms with Crippen molar-refractivity contribution in [3.05, 3.63) is 28.2 Å². The summed E-state index contributed by atoms with van der Waals surface area (Å²) in [5.41, 5.74) is -3.48. The molecule has 2 aliphatic rings. The lowest BCUT2D eigenvalue weighted by molar-refractivity contribution is 0.0256. The topological polar surface area (TPSA) is 117 Å². The van der Waals surface area contributed by atoms with Gasteiger partial charge in [0.1, 0.15) is 5.65 Å². The molecule has 0 aromatic carbocycles. The Balaban J connectivity index is 1.83. The lowest BCUT2D eigenvalue weighted by Crippen LogP contribution is -2.60. The van der Waals surface area contributed by atoms with E-state index in [4.69, 9.17) is 39.2 Å². The molecular weight excluding hydrogens is 498 g/mol. The summed E-state index contributed by atoms with van der Waals surface area (Å²) in [5.74, 6) is -4.09. The summed E-state index contributed by atoms with van der Waals surface area (Å²) in [6.45, 7) is 0.871. The number of alkyl halides is 2. The van der Waals surface area contributed by atoms with Crippen LogP contribution in [-0.4, -0.2) is 103 Å². The van der Waals surface area contributed by atoms with Gasteiger partial charge in [0.05, 0.1) is 54.8 Å². The number of pyridine rings is 1. The van der Waals surface area contributed by atoms with Crippen molar-refractivity contribution in [3.8, 4) is 0 Å². The van der Waals surface area contributed by atoms with E-state index in [9.17, 15) is 27.1 Å². The Labute approximate surface area is 220 Å². The lowest BCUT2D eigenvalue weighted by Gasteiger charge is -2.54. The molecule has 10 radical (unpaired) electrons. The summed E-state index contributed by atoms with van der Waals surface area (Å²) in [4.78, 5) is 21.7. The zero-order chi connectivity index (χ0) is 27.8. The fraction of sp³-hybridized carbons (Fsp3) is 0.650. The van der Waals surface area contributed by atoms with Gasteiger partial charge in [0.25, 0.3) is 5.56 Å². The Morgan fingerprint density at radius 1 is 1.22 bits per heavy atom. The van der Waals surface area contributed by atoms with Gasteiger partial charge in [-0.3, -0.25) is 9.36 Å². The number of aromatic nitrogens is 3. The van der Waals surface area contributed by atoms with Gasteiger partial charge in [-0.1, -0.05) is 10.4 Å². The van der Waals surface area contributed by atoms with Crippen LogP contribution in [0.25, 0.3) is 11.0 Å². The molecule has 2 aromatic rings. The van der Waals surface area contributed by atoms with Crippen LogP contribution >= 0.6 is 0 Å². The highest BCUT2D eigenvalue weighted by molar-refractivity contribution is 7.88. The van der Waals surface area contributed by atoms with E-state index >= 15 is 0 Å². The quantitative estimate of drug-likeness (QED) is 0.508. The summed E-state index contributed by atoms with van der Waals surface area (Å²) >= 11 is 0. The fourth-order valence-corrected chi connectivity index (χ4v) is 6.15. The van der Waals surface area contributed by atoms with Crippen LogP contribution in [0.15, 0.2) is 17.1 Å². The Hall–Kier alpha value is -1.86. The number of aliphatic hydroxyl groups is 1. The minimum atomic E-state index is -3.95. The average Bonchev–Trinajstić information content (AvgIpc) is 3.06. The molecule has 1 saturated heterocycles. The minimum Gasteiger partial charge on any atom is -0.388 e. The predicted molar refractivity (Wildman–Crippen MR) is 139 cm³/mol. The molecule has 37 heavy (non-hydrogen) atoms. The van der Waals surface area contributed by atoms with E-state index in [1.807, 2.05) is 0 Å². The molecule has 2 atom stereocenters. The third kappa shape index (κ3) is 5.23. The minimum absolute atomic E-state index is 0.0458. The summed E-state index contributed by atoms with van der Waals surface area (Å²) in [7, 11) is 26.1. The van der Waals surface area contributed by atoms with E-state index in [1.54, 1.807) is 0 Å². The summed E-state index contributed by atoms with van der Waals surface area (Å²) in [5, 5.41) is 10.2. The van der Waals surface area contributed by atoms with E-state index in [2.05, 4.69) is 15.3 Å². The van der Waals surface area contributed by atoms with Crippen molar-refractivity contribution in [2.45, 2.75) is 60.1 Å². The van der Waals surface area contributed by atoms with Crippen molar-refractivity contribution in [1.82, 2.24) is 18.8 Å². The van der Waals surface area contributed by atoms with Gasteiger partial charge in [-0.05, 0) is 32.3 Å². The van der Waals surface area contributed by atoms with E-state index in [-0.39, 0.29) is 30.1 Å². The molecule has 4 rings (SSSR count). The van der Waals surface area contributed by atoms with Crippen molar-refractivity contribution in [2.24, 2.45) is 0 Å². The molecule has 9 nitrogen and oxygen atoms in total. The van der Waals surface area contributed by atoms with Crippen LogP contribution in [0.4, 0.5) is 14.7 Å². The molecule has 2 fully saturated rings. The average molecular weight is 521 g/mol. The predicted octanol–water partition coefficient (Wildman–Crippen LogP) is -0.553. The molecular formula is C20H22B5F2N5O4S. The second-order valence-electron chi connectivity index (χ2n) is 10.4. The van der Waals surface area contributed by atoms with Gasteiger partial charge in [-0.25, -0.2) is 26.5 Å². The third-order valence-corrected chi connectivity index (χ3v) is 8.24. The smallest absolute Gasteiger partial charge is 0.260 e. The molecule has 3 heterocycles. The maximum absolute atomic E-state index is 14.1. The van der Waals surface area contributed by atoms with Crippen LogP contribution in [0.2, 0.25) is 10.4 Å². The maximum Gasteiger partial charge on any atom is 0.260 e. The van der Waals surface area contributed by atoms with Crippen molar-refractivity contribution in [1.29, 1.82) is 0 Å². The van der Waals surface area contributed by atoms with Crippen molar-refractivity contribution in [3.63, 3.8) is 0 Å². The molecule has 186 valence electrons. The summed E-state index contributed by atoms with van der Waals surface area (Å²) in [6, 6.07) is -1.12. The first-order valence-corrected chi connectivity index (χ1v) is 13.3. The number of nitrogens with zero attached hydrogens (tertiary/aromatic N) is 4.